The first-order valence-electron chi connectivity index (χ1n) is 8.62. The molecule has 3 heteroatoms. The Labute approximate surface area is 148 Å². The van der Waals surface area contributed by atoms with Crippen LogP contribution in [0.2, 0.25) is 0 Å². The summed E-state index contributed by atoms with van der Waals surface area (Å²) in [5.74, 6) is 1.82. The molecule has 0 fully saturated rings. The minimum Gasteiger partial charge on any atom is -0.489 e. The molecular weight excluding hydrogens is 310 g/mol. The SMILES string of the molecule is c1ccc(OCc2ccc(COc3ccc4c(c3)CCN4)cc2)cc1. The van der Waals surface area contributed by atoms with Crippen molar-refractivity contribution in [3.05, 3.63) is 89.5 Å². The molecule has 25 heavy (non-hydrogen) atoms. The lowest BCUT2D eigenvalue weighted by molar-refractivity contribution is 0.302. The Morgan fingerprint density at radius 1 is 0.720 bits per heavy atom. The molecule has 1 N–H and O–H groups in total. The summed E-state index contributed by atoms with van der Waals surface area (Å²) < 4.78 is 11.7. The summed E-state index contributed by atoms with van der Waals surface area (Å²) in [4.78, 5) is 0. The molecule has 0 spiro atoms. The van der Waals surface area contributed by atoms with E-state index in [2.05, 4.69) is 41.7 Å². The highest BCUT2D eigenvalue weighted by molar-refractivity contribution is 5.57. The van der Waals surface area contributed by atoms with Crippen LogP contribution in [0.3, 0.4) is 0 Å². The van der Waals surface area contributed by atoms with Gasteiger partial charge >= 0.3 is 0 Å². The number of hydrogen-bond donors (Lipinski definition) is 1. The summed E-state index contributed by atoms with van der Waals surface area (Å²) in [6.45, 7) is 2.17. The Morgan fingerprint density at radius 2 is 1.40 bits per heavy atom. The Bertz CT molecular complexity index is 828. The fourth-order valence-electron chi connectivity index (χ4n) is 2.95. The molecular formula is C22H21NO2. The first kappa shape index (κ1) is 15.6. The van der Waals surface area contributed by atoms with E-state index >= 15 is 0 Å². The van der Waals surface area contributed by atoms with Crippen molar-refractivity contribution in [1.82, 2.24) is 0 Å². The smallest absolute Gasteiger partial charge is 0.120 e. The van der Waals surface area contributed by atoms with Crippen LogP contribution in [0.5, 0.6) is 11.5 Å². The van der Waals surface area contributed by atoms with Crippen LogP contribution in [-0.2, 0) is 19.6 Å². The largest absolute Gasteiger partial charge is 0.489 e. The predicted molar refractivity (Wildman–Crippen MR) is 100 cm³/mol. The number of fused-ring (bicyclic) bond motifs is 1. The van der Waals surface area contributed by atoms with Gasteiger partial charge in [-0.15, -0.1) is 0 Å². The lowest BCUT2D eigenvalue weighted by Crippen LogP contribution is -1.98. The highest BCUT2D eigenvalue weighted by atomic mass is 16.5. The van der Waals surface area contributed by atoms with Crippen LogP contribution in [0.4, 0.5) is 5.69 Å². The van der Waals surface area contributed by atoms with E-state index in [0.29, 0.717) is 13.2 Å². The maximum atomic E-state index is 5.93. The first-order chi connectivity index (χ1) is 12.4. The van der Waals surface area contributed by atoms with Gasteiger partial charge in [0.2, 0.25) is 0 Å². The van der Waals surface area contributed by atoms with Crippen LogP contribution in [0.15, 0.2) is 72.8 Å². The van der Waals surface area contributed by atoms with Crippen LogP contribution in [0.1, 0.15) is 16.7 Å². The third-order valence-corrected chi connectivity index (χ3v) is 4.36. The second-order valence-corrected chi connectivity index (χ2v) is 6.20. The molecule has 3 nitrogen and oxygen atoms in total. The van der Waals surface area contributed by atoms with Crippen molar-refractivity contribution in [2.75, 3.05) is 11.9 Å². The molecule has 0 aromatic heterocycles. The van der Waals surface area contributed by atoms with Gasteiger partial charge in [0.05, 0.1) is 0 Å². The highest BCUT2D eigenvalue weighted by Crippen LogP contribution is 2.27. The summed E-state index contributed by atoms with van der Waals surface area (Å²) >= 11 is 0. The zero-order valence-corrected chi connectivity index (χ0v) is 14.1. The van der Waals surface area contributed by atoms with Crippen LogP contribution in [-0.4, -0.2) is 6.54 Å². The molecule has 1 aliphatic heterocycles. The van der Waals surface area contributed by atoms with Crippen molar-refractivity contribution in [1.29, 1.82) is 0 Å². The zero-order valence-electron chi connectivity index (χ0n) is 14.1. The van der Waals surface area contributed by atoms with Crippen LogP contribution in [0.25, 0.3) is 0 Å². The maximum absolute atomic E-state index is 5.93. The van der Waals surface area contributed by atoms with Crippen LogP contribution >= 0.6 is 0 Å². The Balaban J connectivity index is 1.31. The van der Waals surface area contributed by atoms with Gasteiger partial charge in [-0.3, -0.25) is 0 Å². The van der Waals surface area contributed by atoms with Gasteiger partial charge < -0.3 is 14.8 Å². The molecule has 0 saturated carbocycles. The molecule has 0 atom stereocenters. The number of anilines is 1. The van der Waals surface area contributed by atoms with Gasteiger partial charge in [-0.05, 0) is 53.4 Å². The normalized spacial score (nSPS) is 12.3. The molecule has 0 bridgehead atoms. The summed E-state index contributed by atoms with van der Waals surface area (Å²) in [6, 6.07) is 24.5. The van der Waals surface area contributed by atoms with E-state index in [9.17, 15) is 0 Å². The Kier molecular flexibility index (Phi) is 4.55. The topological polar surface area (TPSA) is 30.5 Å². The third kappa shape index (κ3) is 3.94. The van der Waals surface area contributed by atoms with E-state index in [-0.39, 0.29) is 0 Å². The van der Waals surface area contributed by atoms with E-state index in [4.69, 9.17) is 9.47 Å². The van der Waals surface area contributed by atoms with Crippen molar-refractivity contribution >= 4 is 5.69 Å². The van der Waals surface area contributed by atoms with E-state index < -0.39 is 0 Å². The fraction of sp³-hybridized carbons (Fsp3) is 0.182. The van der Waals surface area contributed by atoms with Crippen molar-refractivity contribution in [3.63, 3.8) is 0 Å². The van der Waals surface area contributed by atoms with E-state index in [1.54, 1.807) is 0 Å². The van der Waals surface area contributed by atoms with Gasteiger partial charge in [-0.1, -0.05) is 42.5 Å². The quantitative estimate of drug-likeness (QED) is 0.703. The molecule has 1 aliphatic rings. The molecule has 0 saturated heterocycles. The van der Waals surface area contributed by atoms with Crippen molar-refractivity contribution < 1.29 is 9.47 Å². The van der Waals surface area contributed by atoms with Gasteiger partial charge in [0.25, 0.3) is 0 Å². The average Bonchev–Trinajstić information content (AvgIpc) is 3.14. The lowest BCUT2D eigenvalue weighted by atomic mass is 10.1. The van der Waals surface area contributed by atoms with E-state index in [1.807, 2.05) is 36.4 Å². The molecule has 1 heterocycles. The standard InChI is InChI=1S/C22H21NO2/c1-2-4-20(5-3-1)24-15-17-6-8-18(9-7-17)16-25-21-10-11-22-19(14-21)12-13-23-22/h1-11,14,23H,12-13,15-16H2. The van der Waals surface area contributed by atoms with Gasteiger partial charge in [-0.25, -0.2) is 0 Å². The van der Waals surface area contributed by atoms with E-state index in [0.717, 1.165) is 35.6 Å². The maximum Gasteiger partial charge on any atom is 0.120 e. The first-order valence-corrected chi connectivity index (χ1v) is 8.62. The van der Waals surface area contributed by atoms with Crippen molar-refractivity contribution in [3.8, 4) is 11.5 Å². The molecule has 4 rings (SSSR count). The summed E-state index contributed by atoms with van der Waals surface area (Å²) in [5, 5.41) is 3.36. The minimum absolute atomic E-state index is 0.572. The molecule has 3 aromatic carbocycles. The zero-order chi connectivity index (χ0) is 16.9. The summed E-state index contributed by atoms with van der Waals surface area (Å²) in [6.07, 6.45) is 1.07. The second kappa shape index (κ2) is 7.31. The number of ether oxygens (including phenoxy) is 2. The molecule has 126 valence electrons. The lowest BCUT2D eigenvalue weighted by Gasteiger charge is -2.09. The van der Waals surface area contributed by atoms with Crippen LogP contribution in [0, 0.1) is 0 Å². The monoisotopic (exact) mass is 331 g/mol. The average molecular weight is 331 g/mol. The molecule has 3 aromatic rings. The minimum atomic E-state index is 0.572. The number of hydrogen-bond acceptors (Lipinski definition) is 3. The summed E-state index contributed by atoms with van der Waals surface area (Å²) in [5.41, 5.74) is 4.87. The predicted octanol–water partition coefficient (Wildman–Crippen LogP) is 4.81. The summed E-state index contributed by atoms with van der Waals surface area (Å²) in [7, 11) is 0. The van der Waals surface area contributed by atoms with Crippen LogP contribution < -0.4 is 14.8 Å². The third-order valence-electron chi connectivity index (χ3n) is 4.36. The highest BCUT2D eigenvalue weighted by Gasteiger charge is 2.10. The Hall–Kier alpha value is -2.94. The fourth-order valence-corrected chi connectivity index (χ4v) is 2.95. The Morgan fingerprint density at radius 3 is 2.12 bits per heavy atom. The molecule has 0 aliphatic carbocycles. The van der Waals surface area contributed by atoms with E-state index in [1.165, 1.54) is 11.3 Å². The number of nitrogens with one attached hydrogen (secondary N) is 1. The molecule has 0 unspecified atom stereocenters. The second-order valence-electron chi connectivity index (χ2n) is 6.20. The number of rotatable bonds is 6. The van der Waals surface area contributed by atoms with Gasteiger partial charge in [0.15, 0.2) is 0 Å². The van der Waals surface area contributed by atoms with Gasteiger partial charge in [0.1, 0.15) is 24.7 Å². The molecule has 0 radical (unpaired) electrons. The number of para-hydroxylation sites is 1. The van der Waals surface area contributed by atoms with Gasteiger partial charge in [0, 0.05) is 12.2 Å². The number of benzene rings is 3. The van der Waals surface area contributed by atoms with Crippen molar-refractivity contribution in [2.24, 2.45) is 0 Å². The van der Waals surface area contributed by atoms with Gasteiger partial charge in [-0.2, -0.15) is 0 Å². The molecule has 0 amide bonds. The van der Waals surface area contributed by atoms with Crippen molar-refractivity contribution in [2.45, 2.75) is 19.6 Å².